The molecular formula is C11H10N2O2S. The third kappa shape index (κ3) is 1.21. The molecule has 2 aromatic heterocycles. The average molecular weight is 234 g/mol. The number of aromatic amines is 1. The molecule has 82 valence electrons. The second-order valence-corrected chi connectivity index (χ2v) is 5.08. The third-order valence-electron chi connectivity index (χ3n) is 2.62. The Hall–Kier alpha value is -1.62. The van der Waals surface area contributed by atoms with Crippen LogP contribution in [0.3, 0.4) is 0 Å². The van der Waals surface area contributed by atoms with Gasteiger partial charge in [0.2, 0.25) is 0 Å². The maximum absolute atomic E-state index is 11.4. The minimum absolute atomic E-state index is 0.0298. The lowest BCUT2D eigenvalue weighted by Gasteiger charge is -2.13. The van der Waals surface area contributed by atoms with Crippen LogP contribution in [-0.2, 0) is 6.61 Å². The van der Waals surface area contributed by atoms with E-state index in [1.54, 1.807) is 11.3 Å². The first-order valence-corrected chi connectivity index (χ1v) is 5.80. The molecule has 0 saturated heterocycles. The first-order valence-electron chi connectivity index (χ1n) is 4.98. The summed E-state index contributed by atoms with van der Waals surface area (Å²) in [4.78, 5) is 13.6. The van der Waals surface area contributed by atoms with Crippen LogP contribution in [-0.4, -0.2) is 16.0 Å². The largest absolute Gasteiger partial charge is 0.487 e. The molecule has 0 aliphatic carbocycles. The topological polar surface area (TPSA) is 55.0 Å². The van der Waals surface area contributed by atoms with E-state index >= 15 is 0 Å². The van der Waals surface area contributed by atoms with Gasteiger partial charge in [-0.3, -0.25) is 9.89 Å². The van der Waals surface area contributed by atoms with Gasteiger partial charge in [-0.1, -0.05) is 0 Å². The van der Waals surface area contributed by atoms with E-state index in [0.717, 1.165) is 21.9 Å². The van der Waals surface area contributed by atoms with Gasteiger partial charge < -0.3 is 4.74 Å². The summed E-state index contributed by atoms with van der Waals surface area (Å²) in [6.45, 7) is 3.98. The van der Waals surface area contributed by atoms with E-state index in [4.69, 9.17) is 4.74 Å². The van der Waals surface area contributed by atoms with Gasteiger partial charge in [-0.25, -0.2) is 0 Å². The summed E-state index contributed by atoms with van der Waals surface area (Å²) in [5.41, 5.74) is 2.30. The number of fused-ring (bicyclic) bond motifs is 3. The highest BCUT2D eigenvalue weighted by Gasteiger charge is 2.26. The molecule has 0 fully saturated rings. The Morgan fingerprint density at radius 3 is 3.19 bits per heavy atom. The number of nitrogens with one attached hydrogen (secondary N) is 1. The fourth-order valence-corrected chi connectivity index (χ4v) is 2.88. The van der Waals surface area contributed by atoms with E-state index in [9.17, 15) is 4.79 Å². The molecule has 0 aromatic carbocycles. The van der Waals surface area contributed by atoms with Gasteiger partial charge in [0.15, 0.2) is 5.78 Å². The van der Waals surface area contributed by atoms with Crippen LogP contribution in [0.15, 0.2) is 6.07 Å². The lowest BCUT2D eigenvalue weighted by molar-refractivity contribution is 0.101. The molecule has 16 heavy (non-hydrogen) atoms. The van der Waals surface area contributed by atoms with Gasteiger partial charge in [-0.2, -0.15) is 5.10 Å². The van der Waals surface area contributed by atoms with Crippen molar-refractivity contribution in [1.29, 1.82) is 0 Å². The number of H-pyrrole nitrogens is 1. The number of nitrogens with zero attached hydrogens (tertiary/aromatic N) is 1. The van der Waals surface area contributed by atoms with Gasteiger partial charge in [-0.15, -0.1) is 11.3 Å². The quantitative estimate of drug-likeness (QED) is 0.771. The van der Waals surface area contributed by atoms with Crippen LogP contribution in [0.4, 0.5) is 0 Å². The van der Waals surface area contributed by atoms with Crippen molar-refractivity contribution in [1.82, 2.24) is 10.2 Å². The van der Waals surface area contributed by atoms with Crippen LogP contribution in [0, 0.1) is 6.92 Å². The first-order chi connectivity index (χ1) is 7.66. The summed E-state index contributed by atoms with van der Waals surface area (Å²) in [6, 6.07) is 2.01. The predicted molar refractivity (Wildman–Crippen MR) is 61.0 cm³/mol. The Bertz CT molecular complexity index is 583. The van der Waals surface area contributed by atoms with Crippen molar-refractivity contribution in [3.05, 3.63) is 22.2 Å². The minimum atomic E-state index is -0.0298. The number of ether oxygens (including phenoxy) is 1. The Morgan fingerprint density at radius 1 is 1.62 bits per heavy atom. The second kappa shape index (κ2) is 3.18. The van der Waals surface area contributed by atoms with Crippen molar-refractivity contribution in [3.63, 3.8) is 0 Å². The highest BCUT2D eigenvalue weighted by atomic mass is 32.1. The molecule has 1 N–H and O–H groups in total. The monoisotopic (exact) mass is 234 g/mol. The first kappa shape index (κ1) is 9.59. The van der Waals surface area contributed by atoms with E-state index in [-0.39, 0.29) is 5.78 Å². The van der Waals surface area contributed by atoms with Crippen molar-refractivity contribution < 1.29 is 9.53 Å². The molecule has 0 spiro atoms. The summed E-state index contributed by atoms with van der Waals surface area (Å²) in [6.07, 6.45) is 0. The number of aryl methyl sites for hydroxylation is 1. The number of thiophene rings is 1. The van der Waals surface area contributed by atoms with E-state index in [1.807, 2.05) is 13.0 Å². The zero-order valence-corrected chi connectivity index (χ0v) is 9.77. The Labute approximate surface area is 96.3 Å². The zero-order valence-electron chi connectivity index (χ0n) is 8.96. The summed E-state index contributed by atoms with van der Waals surface area (Å²) < 4.78 is 5.62. The fourth-order valence-electron chi connectivity index (χ4n) is 1.91. The van der Waals surface area contributed by atoms with Gasteiger partial charge in [0.25, 0.3) is 0 Å². The fraction of sp³-hybridized carbons (Fsp3) is 0.273. The van der Waals surface area contributed by atoms with Crippen molar-refractivity contribution in [3.8, 4) is 16.3 Å². The van der Waals surface area contributed by atoms with Gasteiger partial charge in [0, 0.05) is 17.4 Å². The van der Waals surface area contributed by atoms with Crippen LogP contribution in [0.25, 0.3) is 10.6 Å². The predicted octanol–water partition coefficient (Wildman–Crippen LogP) is 2.54. The molecule has 4 nitrogen and oxygen atoms in total. The average Bonchev–Trinajstić information content (AvgIpc) is 2.77. The van der Waals surface area contributed by atoms with Crippen LogP contribution in [0.5, 0.6) is 5.75 Å². The SMILES string of the molecule is CC(=O)c1n[nH]c2c1COc1cc(C)sc1-2. The van der Waals surface area contributed by atoms with Gasteiger partial charge in [-0.05, 0) is 13.0 Å². The molecule has 0 unspecified atom stereocenters. The highest BCUT2D eigenvalue weighted by Crippen LogP contribution is 2.43. The third-order valence-corrected chi connectivity index (χ3v) is 3.67. The number of hydrogen-bond donors (Lipinski definition) is 1. The molecule has 0 saturated carbocycles. The molecule has 0 radical (unpaired) electrons. The van der Waals surface area contributed by atoms with Gasteiger partial charge in [0.1, 0.15) is 18.1 Å². The van der Waals surface area contributed by atoms with Gasteiger partial charge in [0.05, 0.1) is 10.6 Å². The molecule has 0 atom stereocenters. The molecule has 0 bridgehead atoms. The number of rotatable bonds is 1. The highest BCUT2D eigenvalue weighted by molar-refractivity contribution is 7.15. The second-order valence-electron chi connectivity index (χ2n) is 3.82. The molecule has 5 heteroatoms. The van der Waals surface area contributed by atoms with Crippen LogP contribution < -0.4 is 4.74 Å². The van der Waals surface area contributed by atoms with Crippen LogP contribution in [0.2, 0.25) is 0 Å². The molecule has 0 amide bonds. The number of carbonyl (C=O) groups is 1. The summed E-state index contributed by atoms with van der Waals surface area (Å²) in [5, 5.41) is 6.99. The van der Waals surface area contributed by atoms with Crippen molar-refractivity contribution in [2.24, 2.45) is 0 Å². The summed E-state index contributed by atoms with van der Waals surface area (Å²) >= 11 is 1.65. The number of Topliss-reactive ketones (excluding diaryl/α,β-unsaturated/α-hetero) is 1. The van der Waals surface area contributed by atoms with Crippen molar-refractivity contribution in [2.75, 3.05) is 0 Å². The van der Waals surface area contributed by atoms with Crippen LogP contribution >= 0.6 is 11.3 Å². The molecule has 3 heterocycles. The van der Waals surface area contributed by atoms with Gasteiger partial charge >= 0.3 is 0 Å². The number of ketones is 1. The van der Waals surface area contributed by atoms with Crippen molar-refractivity contribution >= 4 is 17.1 Å². The molecule has 3 rings (SSSR count). The number of carbonyl (C=O) groups excluding carboxylic acids is 1. The Morgan fingerprint density at radius 2 is 2.44 bits per heavy atom. The van der Waals surface area contributed by atoms with E-state index < -0.39 is 0 Å². The lowest BCUT2D eigenvalue weighted by atomic mass is 10.1. The molecule has 1 aliphatic heterocycles. The zero-order chi connectivity index (χ0) is 11.3. The summed E-state index contributed by atoms with van der Waals surface area (Å²) in [7, 11) is 0. The van der Waals surface area contributed by atoms with E-state index in [0.29, 0.717) is 12.3 Å². The van der Waals surface area contributed by atoms with Crippen molar-refractivity contribution in [2.45, 2.75) is 20.5 Å². The normalized spacial score (nSPS) is 12.9. The maximum atomic E-state index is 11.4. The number of hydrogen-bond acceptors (Lipinski definition) is 4. The van der Waals surface area contributed by atoms with E-state index in [2.05, 4.69) is 10.2 Å². The molecule has 1 aliphatic rings. The smallest absolute Gasteiger partial charge is 0.180 e. The van der Waals surface area contributed by atoms with E-state index in [1.165, 1.54) is 11.8 Å². The Kier molecular flexibility index (Phi) is 1.91. The lowest BCUT2D eigenvalue weighted by Crippen LogP contribution is -2.06. The summed E-state index contributed by atoms with van der Waals surface area (Å²) in [5.74, 6) is 0.853. The standard InChI is InChI=1S/C11H10N2O2S/c1-5-3-8-11(16-5)10-7(4-15-8)9(6(2)14)12-13-10/h3H,4H2,1-2H3,(H,12,13). The molecular weight excluding hydrogens is 224 g/mol. The number of aromatic nitrogens is 2. The van der Waals surface area contributed by atoms with Crippen LogP contribution in [0.1, 0.15) is 27.9 Å². The minimum Gasteiger partial charge on any atom is -0.487 e. The molecule has 2 aromatic rings. The Balaban J connectivity index is 2.22. The maximum Gasteiger partial charge on any atom is 0.180 e.